The van der Waals surface area contributed by atoms with E-state index in [-0.39, 0.29) is 11.7 Å². The number of fused-ring (bicyclic) bond motifs is 1. The van der Waals surface area contributed by atoms with Gasteiger partial charge in [-0.25, -0.2) is 4.39 Å². The maximum absolute atomic E-state index is 14.6. The molecule has 0 aliphatic carbocycles. The highest BCUT2D eigenvalue weighted by molar-refractivity contribution is 8.13. The van der Waals surface area contributed by atoms with E-state index in [1.165, 1.54) is 28.8 Å². The summed E-state index contributed by atoms with van der Waals surface area (Å²) in [5, 5.41) is 4.56. The summed E-state index contributed by atoms with van der Waals surface area (Å²) < 4.78 is 16.6. The average molecular weight is 425 g/mol. The average Bonchev–Trinajstić information content (AvgIpc) is 3.04. The summed E-state index contributed by atoms with van der Waals surface area (Å²) in [5.74, 6) is 0.329. The number of nitrogens with zero attached hydrogens (tertiary/aromatic N) is 2. The maximum atomic E-state index is 14.6. The molecule has 4 rings (SSSR count). The van der Waals surface area contributed by atoms with Gasteiger partial charge in [0.15, 0.2) is 5.17 Å². The van der Waals surface area contributed by atoms with Crippen molar-refractivity contribution in [3.8, 4) is 0 Å². The molecule has 0 bridgehead atoms. The number of benzene rings is 2. The summed E-state index contributed by atoms with van der Waals surface area (Å²) in [7, 11) is 0. The topological polar surface area (TPSA) is 72.4 Å². The molecule has 7 heteroatoms. The lowest BCUT2D eigenvalue weighted by Crippen LogP contribution is -2.29. The standard InChI is InChI=1S/C23H25FN4OS/c1-15-14-28(20-6-4-3-5-17(15)20)11-9-21(29)26-16-7-8-19(24)18(13-16)23(2)10-12-30-22(25)27-23/h3-8,13-14H,9-12H2,1-2H3,(H2,25,27)(H,26,29). The minimum absolute atomic E-state index is 0.115. The number of nitrogens with two attached hydrogens (primary N) is 1. The molecule has 2 aromatic carbocycles. The van der Waals surface area contributed by atoms with Crippen LogP contribution in [0, 0.1) is 12.7 Å². The molecule has 1 aliphatic heterocycles. The first-order valence-corrected chi connectivity index (χ1v) is 11.0. The Morgan fingerprint density at radius 2 is 2.13 bits per heavy atom. The predicted molar refractivity (Wildman–Crippen MR) is 122 cm³/mol. The molecule has 1 unspecified atom stereocenters. The van der Waals surface area contributed by atoms with Crippen molar-refractivity contribution in [1.82, 2.24) is 4.57 Å². The van der Waals surface area contributed by atoms with Gasteiger partial charge in [-0.2, -0.15) is 0 Å². The second-order valence-corrected chi connectivity index (χ2v) is 8.95. The second kappa shape index (κ2) is 8.14. The zero-order chi connectivity index (χ0) is 21.3. The molecule has 0 radical (unpaired) electrons. The van der Waals surface area contributed by atoms with E-state index in [1.54, 1.807) is 12.1 Å². The van der Waals surface area contributed by atoms with Crippen molar-refractivity contribution in [2.24, 2.45) is 10.7 Å². The van der Waals surface area contributed by atoms with Crippen LogP contribution in [0.5, 0.6) is 0 Å². The van der Waals surface area contributed by atoms with E-state index in [0.29, 0.717) is 35.8 Å². The van der Waals surface area contributed by atoms with Crippen molar-refractivity contribution in [1.29, 1.82) is 0 Å². The molecule has 2 heterocycles. The van der Waals surface area contributed by atoms with Crippen LogP contribution in [0.1, 0.15) is 30.9 Å². The summed E-state index contributed by atoms with van der Waals surface area (Å²) in [6, 6.07) is 12.8. The third-order valence-electron chi connectivity index (χ3n) is 5.59. The summed E-state index contributed by atoms with van der Waals surface area (Å²) in [5.41, 5.74) is 8.48. The molecule has 0 saturated carbocycles. The number of amides is 1. The van der Waals surface area contributed by atoms with Gasteiger partial charge >= 0.3 is 0 Å². The highest BCUT2D eigenvalue weighted by Crippen LogP contribution is 2.37. The van der Waals surface area contributed by atoms with E-state index in [9.17, 15) is 9.18 Å². The quantitative estimate of drug-likeness (QED) is 0.619. The van der Waals surface area contributed by atoms with Crippen molar-refractivity contribution in [2.75, 3.05) is 11.1 Å². The van der Waals surface area contributed by atoms with Crippen LogP contribution >= 0.6 is 11.8 Å². The van der Waals surface area contributed by atoms with E-state index in [4.69, 9.17) is 5.73 Å². The summed E-state index contributed by atoms with van der Waals surface area (Å²) in [6.07, 6.45) is 3.08. The fraction of sp³-hybridized carbons (Fsp3) is 0.304. The summed E-state index contributed by atoms with van der Waals surface area (Å²) in [4.78, 5) is 17.0. The SMILES string of the molecule is Cc1cn(CCC(=O)Nc2ccc(F)c(C3(C)CCSC(N)=N3)c2)c2ccccc12. The first-order valence-electron chi connectivity index (χ1n) is 9.98. The number of aliphatic imine (C=N–C) groups is 1. The minimum Gasteiger partial charge on any atom is -0.379 e. The zero-order valence-corrected chi connectivity index (χ0v) is 17.9. The number of hydrogen-bond acceptors (Lipinski definition) is 4. The van der Waals surface area contributed by atoms with Gasteiger partial charge in [-0.05, 0) is 50.1 Å². The minimum atomic E-state index is -0.720. The Bertz CT molecular complexity index is 1140. The van der Waals surface area contributed by atoms with Crippen LogP contribution in [0.15, 0.2) is 53.7 Å². The number of para-hydroxylation sites is 1. The predicted octanol–water partition coefficient (Wildman–Crippen LogP) is 4.78. The van der Waals surface area contributed by atoms with Gasteiger partial charge in [0.1, 0.15) is 5.82 Å². The number of carbonyl (C=O) groups is 1. The lowest BCUT2D eigenvalue weighted by atomic mass is 9.89. The molecule has 3 aromatic rings. The van der Waals surface area contributed by atoms with Gasteiger partial charge < -0.3 is 15.6 Å². The summed E-state index contributed by atoms with van der Waals surface area (Å²) in [6.45, 7) is 4.52. The highest BCUT2D eigenvalue weighted by atomic mass is 32.2. The van der Waals surface area contributed by atoms with Crippen molar-refractivity contribution in [2.45, 2.75) is 38.8 Å². The van der Waals surface area contributed by atoms with E-state index in [1.807, 2.05) is 19.1 Å². The second-order valence-electron chi connectivity index (χ2n) is 7.84. The van der Waals surface area contributed by atoms with E-state index >= 15 is 0 Å². The highest BCUT2D eigenvalue weighted by Gasteiger charge is 2.32. The third-order valence-corrected chi connectivity index (χ3v) is 6.39. The molecule has 156 valence electrons. The zero-order valence-electron chi connectivity index (χ0n) is 17.1. The molecule has 3 N–H and O–H groups in total. The van der Waals surface area contributed by atoms with Gasteiger partial charge in [-0.15, -0.1) is 0 Å². The molecule has 1 atom stereocenters. The molecule has 1 amide bonds. The molecule has 30 heavy (non-hydrogen) atoms. The number of aromatic nitrogens is 1. The smallest absolute Gasteiger partial charge is 0.226 e. The number of halogens is 1. The van der Waals surface area contributed by atoms with Crippen LogP contribution in [0.2, 0.25) is 0 Å². The lowest BCUT2D eigenvalue weighted by Gasteiger charge is -2.30. The first-order chi connectivity index (χ1) is 14.4. The molecule has 0 saturated heterocycles. The van der Waals surface area contributed by atoms with Crippen LogP contribution in [-0.2, 0) is 16.9 Å². The number of hydrogen-bond donors (Lipinski definition) is 2. The van der Waals surface area contributed by atoms with Crippen molar-refractivity contribution < 1.29 is 9.18 Å². The monoisotopic (exact) mass is 424 g/mol. The van der Waals surface area contributed by atoms with Crippen LogP contribution < -0.4 is 11.1 Å². The Labute approximate surface area is 179 Å². The lowest BCUT2D eigenvalue weighted by molar-refractivity contribution is -0.116. The largest absolute Gasteiger partial charge is 0.379 e. The van der Waals surface area contributed by atoms with Gasteiger partial charge in [0.2, 0.25) is 5.91 Å². The fourth-order valence-corrected chi connectivity index (χ4v) is 4.93. The maximum Gasteiger partial charge on any atom is 0.226 e. The Morgan fingerprint density at radius 1 is 1.33 bits per heavy atom. The Balaban J connectivity index is 1.48. The van der Waals surface area contributed by atoms with E-state index < -0.39 is 5.54 Å². The van der Waals surface area contributed by atoms with Gasteiger partial charge in [-0.1, -0.05) is 30.0 Å². The van der Waals surface area contributed by atoms with Crippen molar-refractivity contribution >= 4 is 39.4 Å². The van der Waals surface area contributed by atoms with E-state index in [0.717, 1.165) is 11.3 Å². The molecule has 1 aromatic heterocycles. The number of amidine groups is 1. The van der Waals surface area contributed by atoms with Crippen molar-refractivity contribution in [3.05, 3.63) is 65.6 Å². The fourth-order valence-electron chi connectivity index (χ4n) is 3.96. The number of nitrogens with one attached hydrogen (secondary N) is 1. The molecule has 0 fully saturated rings. The van der Waals surface area contributed by atoms with Crippen LogP contribution in [0.4, 0.5) is 10.1 Å². The molecule has 0 spiro atoms. The molecule has 5 nitrogen and oxygen atoms in total. The number of anilines is 1. The van der Waals surface area contributed by atoms with Crippen LogP contribution in [0.25, 0.3) is 10.9 Å². The molecular formula is C23H25FN4OS. The molecule has 1 aliphatic rings. The number of aryl methyl sites for hydroxylation is 2. The number of rotatable bonds is 5. The Hall–Kier alpha value is -2.80. The third kappa shape index (κ3) is 4.07. The Morgan fingerprint density at radius 3 is 2.93 bits per heavy atom. The van der Waals surface area contributed by atoms with Gasteiger partial charge in [0, 0.05) is 47.1 Å². The van der Waals surface area contributed by atoms with Gasteiger partial charge in [0.05, 0.1) is 5.54 Å². The van der Waals surface area contributed by atoms with Gasteiger partial charge in [-0.3, -0.25) is 9.79 Å². The van der Waals surface area contributed by atoms with Gasteiger partial charge in [0.25, 0.3) is 0 Å². The number of thioether (sulfide) groups is 1. The number of carbonyl (C=O) groups excluding carboxylic acids is 1. The first kappa shape index (κ1) is 20.5. The summed E-state index contributed by atoms with van der Waals surface area (Å²) >= 11 is 1.48. The van der Waals surface area contributed by atoms with Crippen molar-refractivity contribution in [3.63, 3.8) is 0 Å². The molecular weight excluding hydrogens is 399 g/mol. The normalized spacial score (nSPS) is 19.0. The van der Waals surface area contributed by atoms with Crippen LogP contribution in [-0.4, -0.2) is 21.4 Å². The van der Waals surface area contributed by atoms with E-state index in [2.05, 4.69) is 40.1 Å². The Kier molecular flexibility index (Phi) is 5.56. The van der Waals surface area contributed by atoms with Crippen LogP contribution in [0.3, 0.4) is 0 Å².